The number of nitrogens with two attached hydrogens (primary N) is 1. The number of quaternary nitrogens is 1. The van der Waals surface area contributed by atoms with Crippen LogP contribution in [0.2, 0.25) is 0 Å². The molecular weight excluding hydrogens is 424 g/mol. The van der Waals surface area contributed by atoms with Gasteiger partial charge in [0.05, 0.1) is 34.3 Å². The minimum atomic E-state index is -4.41. The van der Waals surface area contributed by atoms with Gasteiger partial charge in [0.15, 0.2) is 0 Å². The molecule has 7 heteroatoms. The molecule has 0 bridgehead atoms. The lowest BCUT2D eigenvalue weighted by Gasteiger charge is -2.29. The van der Waals surface area contributed by atoms with Gasteiger partial charge in [0.1, 0.15) is 0 Å². The van der Waals surface area contributed by atoms with Crippen molar-refractivity contribution in [2.45, 2.75) is 122 Å². The minimum Gasteiger partial charge on any atom is -0.726 e. The summed E-state index contributed by atoms with van der Waals surface area (Å²) in [5.41, 5.74) is 5.62. The van der Waals surface area contributed by atoms with Gasteiger partial charge in [-0.05, 0) is 19.4 Å². The maximum absolute atomic E-state index is 9.22. The Hall–Kier alpha value is -0.210. The zero-order chi connectivity index (χ0) is 24.6. The van der Waals surface area contributed by atoms with Crippen LogP contribution in [0.4, 0.5) is 0 Å². The second kappa shape index (κ2) is 23.9. The van der Waals surface area contributed by atoms with Gasteiger partial charge in [-0.3, -0.25) is 4.18 Å². The molecule has 0 spiro atoms. The van der Waals surface area contributed by atoms with Gasteiger partial charge in [-0.15, -0.1) is 0 Å². The smallest absolute Gasteiger partial charge is 0.217 e. The zero-order valence-electron chi connectivity index (χ0n) is 21.9. The predicted octanol–water partition coefficient (Wildman–Crippen LogP) is 6.16. The summed E-state index contributed by atoms with van der Waals surface area (Å²) in [5, 5.41) is 0. The molecule has 0 heterocycles. The number of hydrogen-bond acceptors (Lipinski definition) is 5. The Morgan fingerprint density at radius 2 is 0.938 bits per heavy atom. The molecule has 0 unspecified atom stereocenters. The van der Waals surface area contributed by atoms with Gasteiger partial charge in [0.25, 0.3) is 0 Å². The van der Waals surface area contributed by atoms with Crippen molar-refractivity contribution in [1.82, 2.24) is 0 Å². The largest absolute Gasteiger partial charge is 0.726 e. The van der Waals surface area contributed by atoms with E-state index in [2.05, 4.69) is 25.2 Å². The van der Waals surface area contributed by atoms with E-state index in [0.29, 0.717) is 0 Å². The maximum atomic E-state index is 9.22. The SMILES string of the molecule is CCCCCCCCCCCCCCCCCCC[N+](C)(C)CCCN.COS(=O)(=O)[O-]. The molecule has 0 amide bonds. The van der Waals surface area contributed by atoms with E-state index in [4.69, 9.17) is 5.73 Å². The van der Waals surface area contributed by atoms with Crippen LogP contribution in [0.5, 0.6) is 0 Å². The van der Waals surface area contributed by atoms with Crippen LogP contribution in [-0.4, -0.2) is 58.3 Å². The zero-order valence-corrected chi connectivity index (χ0v) is 22.7. The quantitative estimate of drug-likeness (QED) is 0.0867. The Morgan fingerprint density at radius 3 is 1.22 bits per heavy atom. The van der Waals surface area contributed by atoms with Crippen molar-refractivity contribution < 1.29 is 21.6 Å². The fourth-order valence-corrected chi connectivity index (χ4v) is 3.90. The van der Waals surface area contributed by atoms with Gasteiger partial charge in [-0.25, -0.2) is 8.42 Å². The van der Waals surface area contributed by atoms with Gasteiger partial charge in [-0.2, -0.15) is 0 Å². The summed E-state index contributed by atoms with van der Waals surface area (Å²) in [6, 6.07) is 0. The fourth-order valence-electron chi connectivity index (χ4n) is 3.90. The summed E-state index contributed by atoms with van der Waals surface area (Å²) in [6.07, 6.45) is 25.9. The van der Waals surface area contributed by atoms with Crippen molar-refractivity contribution in [3.05, 3.63) is 0 Å². The highest BCUT2D eigenvalue weighted by molar-refractivity contribution is 7.80. The lowest BCUT2D eigenvalue weighted by Crippen LogP contribution is -2.41. The maximum Gasteiger partial charge on any atom is 0.217 e. The van der Waals surface area contributed by atoms with Crippen molar-refractivity contribution in [3.63, 3.8) is 0 Å². The van der Waals surface area contributed by atoms with Gasteiger partial charge in [-0.1, -0.05) is 103 Å². The van der Waals surface area contributed by atoms with E-state index in [1.54, 1.807) is 0 Å². The first-order valence-electron chi connectivity index (χ1n) is 13.2. The molecule has 196 valence electrons. The van der Waals surface area contributed by atoms with Crippen LogP contribution >= 0.6 is 0 Å². The highest BCUT2D eigenvalue weighted by Gasteiger charge is 2.12. The Morgan fingerprint density at radius 1 is 0.656 bits per heavy atom. The Kier molecular flexibility index (Phi) is 25.4. The fraction of sp³-hybridized carbons (Fsp3) is 1.00. The van der Waals surface area contributed by atoms with Gasteiger partial charge in [0.2, 0.25) is 10.4 Å². The molecule has 0 aromatic rings. The van der Waals surface area contributed by atoms with Crippen LogP contribution in [0.25, 0.3) is 0 Å². The summed E-state index contributed by atoms with van der Waals surface area (Å²) in [6.45, 7) is 5.68. The van der Waals surface area contributed by atoms with E-state index in [0.717, 1.165) is 24.6 Å². The van der Waals surface area contributed by atoms with Crippen LogP contribution in [0.15, 0.2) is 0 Å². The Balaban J connectivity index is 0. The van der Waals surface area contributed by atoms with E-state index in [1.165, 1.54) is 122 Å². The molecule has 0 aromatic carbocycles. The predicted molar refractivity (Wildman–Crippen MR) is 136 cm³/mol. The summed E-state index contributed by atoms with van der Waals surface area (Å²) in [4.78, 5) is 0. The van der Waals surface area contributed by atoms with E-state index >= 15 is 0 Å². The molecule has 0 atom stereocenters. The van der Waals surface area contributed by atoms with Crippen LogP contribution in [0, 0.1) is 0 Å². The third-order valence-electron chi connectivity index (χ3n) is 6.04. The average Bonchev–Trinajstić information content (AvgIpc) is 2.74. The lowest BCUT2D eigenvalue weighted by atomic mass is 10.0. The van der Waals surface area contributed by atoms with Crippen molar-refractivity contribution in [2.75, 3.05) is 40.8 Å². The second-order valence-corrected chi connectivity index (χ2v) is 10.9. The topological polar surface area (TPSA) is 92.5 Å². The van der Waals surface area contributed by atoms with Gasteiger partial charge in [0, 0.05) is 6.42 Å². The number of unbranched alkanes of at least 4 members (excludes halogenated alkanes) is 16. The molecule has 2 N–H and O–H groups in total. The molecule has 6 nitrogen and oxygen atoms in total. The molecule has 0 aliphatic heterocycles. The first-order valence-corrected chi connectivity index (χ1v) is 14.6. The number of nitrogens with zero attached hydrogens (tertiary/aromatic N) is 1. The Bertz CT molecular complexity index is 471. The second-order valence-electron chi connectivity index (χ2n) is 9.76. The highest BCUT2D eigenvalue weighted by atomic mass is 32.3. The first kappa shape index (κ1) is 34.0. The van der Waals surface area contributed by atoms with Crippen LogP contribution in [0.1, 0.15) is 122 Å². The summed E-state index contributed by atoms with van der Waals surface area (Å²) in [5.74, 6) is 0. The van der Waals surface area contributed by atoms with Gasteiger partial charge < -0.3 is 14.8 Å². The van der Waals surface area contributed by atoms with Crippen LogP contribution in [0.3, 0.4) is 0 Å². The molecule has 0 rings (SSSR count). The summed E-state index contributed by atoms with van der Waals surface area (Å²) in [7, 11) is 1.09. The number of rotatable bonds is 22. The summed E-state index contributed by atoms with van der Waals surface area (Å²) < 4.78 is 32.2. The van der Waals surface area contributed by atoms with E-state index < -0.39 is 10.4 Å². The van der Waals surface area contributed by atoms with E-state index in [-0.39, 0.29) is 0 Å². The molecule has 0 fully saturated rings. The average molecular weight is 481 g/mol. The standard InChI is InChI=1S/C24H53N2.CH4O4S/c1-4-5-6-7-8-9-10-11-12-13-14-15-16-17-18-19-20-23-26(2,3)24-21-22-25;1-5-6(2,3)4/h4-25H2,1-3H3;1H3,(H,2,3,4)/q+1;/p-1. The molecule has 0 aliphatic carbocycles. The van der Waals surface area contributed by atoms with Gasteiger partial charge >= 0.3 is 0 Å². The van der Waals surface area contributed by atoms with Crippen molar-refractivity contribution in [1.29, 1.82) is 0 Å². The molecule has 0 saturated carbocycles. The monoisotopic (exact) mass is 480 g/mol. The molecule has 0 aliphatic rings. The van der Waals surface area contributed by atoms with E-state index in [1.807, 2.05) is 0 Å². The number of hydrogen-bond donors (Lipinski definition) is 1. The molecule has 0 radical (unpaired) electrons. The van der Waals surface area contributed by atoms with Crippen LogP contribution < -0.4 is 5.73 Å². The molecule has 32 heavy (non-hydrogen) atoms. The highest BCUT2D eigenvalue weighted by Crippen LogP contribution is 2.14. The van der Waals surface area contributed by atoms with Crippen molar-refractivity contribution in [2.24, 2.45) is 5.73 Å². The molecule has 0 saturated heterocycles. The molecular formula is C25H56N2O4S. The van der Waals surface area contributed by atoms with E-state index in [9.17, 15) is 13.0 Å². The third kappa shape index (κ3) is 32.0. The van der Waals surface area contributed by atoms with Crippen molar-refractivity contribution >= 4 is 10.4 Å². The van der Waals surface area contributed by atoms with Crippen molar-refractivity contribution in [3.8, 4) is 0 Å². The minimum absolute atomic E-state index is 0.808. The third-order valence-corrected chi connectivity index (χ3v) is 6.45. The summed E-state index contributed by atoms with van der Waals surface area (Å²) >= 11 is 0. The first-order chi connectivity index (χ1) is 15.2. The normalized spacial score (nSPS) is 11.9. The Labute approximate surface area is 201 Å². The molecule has 0 aromatic heterocycles. The lowest BCUT2D eigenvalue weighted by molar-refractivity contribution is -0.890. The van der Waals surface area contributed by atoms with Crippen LogP contribution in [-0.2, 0) is 14.6 Å².